The summed E-state index contributed by atoms with van der Waals surface area (Å²) in [5, 5.41) is 2.72. The zero-order valence-corrected chi connectivity index (χ0v) is 19.5. The lowest BCUT2D eigenvalue weighted by Crippen LogP contribution is -2.50. The molecular weight excluding hydrogens is 464 g/mol. The van der Waals surface area contributed by atoms with Gasteiger partial charge in [0.25, 0.3) is 5.91 Å². The van der Waals surface area contributed by atoms with Gasteiger partial charge in [-0.2, -0.15) is 0 Å². The summed E-state index contributed by atoms with van der Waals surface area (Å²) < 4.78 is 6.15. The maximum Gasteiger partial charge on any atom is 0.330 e. The van der Waals surface area contributed by atoms with Gasteiger partial charge in [0.2, 0.25) is 11.8 Å². The third-order valence-corrected chi connectivity index (χ3v) is 7.41. The molecule has 0 radical (unpaired) electrons. The minimum Gasteiger partial charge on any atom is -0.454 e. The molecule has 2 bridgehead atoms. The van der Waals surface area contributed by atoms with Crippen LogP contribution in [0.3, 0.4) is 0 Å². The topological polar surface area (TPSA) is 92.8 Å². The molecular formula is C23H27BrN2O5. The first kappa shape index (κ1) is 22.0. The summed E-state index contributed by atoms with van der Waals surface area (Å²) in [5.74, 6) is -2.07. The monoisotopic (exact) mass is 490 g/mol. The Labute approximate surface area is 190 Å². The predicted molar refractivity (Wildman–Crippen MR) is 117 cm³/mol. The number of hydrogen-bond donors (Lipinski definition) is 1. The van der Waals surface area contributed by atoms with Crippen LogP contribution in [-0.4, -0.2) is 41.2 Å². The molecule has 3 fully saturated rings. The molecule has 5 atom stereocenters. The van der Waals surface area contributed by atoms with Crippen molar-refractivity contribution in [2.45, 2.75) is 46.1 Å². The van der Waals surface area contributed by atoms with Gasteiger partial charge < -0.3 is 10.1 Å². The second-order valence-electron chi connectivity index (χ2n) is 9.24. The average molecular weight is 491 g/mol. The number of rotatable bonds is 6. The first-order valence-corrected chi connectivity index (χ1v) is 11.6. The Balaban J connectivity index is 1.42. The summed E-state index contributed by atoms with van der Waals surface area (Å²) in [7, 11) is 0. The molecule has 166 valence electrons. The molecule has 1 aromatic rings. The van der Waals surface area contributed by atoms with Crippen molar-refractivity contribution in [3.05, 3.63) is 28.2 Å². The third-order valence-electron chi connectivity index (χ3n) is 6.92. The molecule has 2 aliphatic carbocycles. The van der Waals surface area contributed by atoms with E-state index in [1.165, 1.54) is 0 Å². The Morgan fingerprint density at radius 1 is 1.16 bits per heavy atom. The Morgan fingerprint density at radius 3 is 2.32 bits per heavy atom. The van der Waals surface area contributed by atoms with Crippen LogP contribution in [0.2, 0.25) is 0 Å². The number of nitrogens with one attached hydrogen (secondary N) is 1. The van der Waals surface area contributed by atoms with Gasteiger partial charge in [0.1, 0.15) is 6.04 Å². The lowest BCUT2D eigenvalue weighted by atomic mass is 9.81. The molecule has 1 aromatic carbocycles. The van der Waals surface area contributed by atoms with Crippen LogP contribution in [0, 0.1) is 36.5 Å². The van der Waals surface area contributed by atoms with Crippen LogP contribution < -0.4 is 5.32 Å². The quantitative estimate of drug-likeness (QED) is 0.487. The first-order chi connectivity index (χ1) is 14.7. The first-order valence-electron chi connectivity index (χ1n) is 10.8. The molecule has 1 N–H and O–H groups in total. The van der Waals surface area contributed by atoms with Gasteiger partial charge in [-0.15, -0.1) is 0 Å². The van der Waals surface area contributed by atoms with Gasteiger partial charge in [-0.05, 0) is 67.7 Å². The summed E-state index contributed by atoms with van der Waals surface area (Å²) in [6, 6.07) is 4.42. The molecule has 4 rings (SSSR count). The van der Waals surface area contributed by atoms with Crippen molar-refractivity contribution < 1.29 is 23.9 Å². The highest BCUT2D eigenvalue weighted by molar-refractivity contribution is 9.10. The number of carbonyl (C=O) groups excluding carboxylic acids is 4. The molecule has 7 nitrogen and oxygen atoms in total. The largest absolute Gasteiger partial charge is 0.454 e. The molecule has 31 heavy (non-hydrogen) atoms. The Bertz CT molecular complexity index is 918. The summed E-state index contributed by atoms with van der Waals surface area (Å²) in [5.41, 5.74) is 1.49. The van der Waals surface area contributed by atoms with Crippen molar-refractivity contribution >= 4 is 45.3 Å². The van der Waals surface area contributed by atoms with Crippen LogP contribution in [-0.2, 0) is 23.9 Å². The molecule has 3 aliphatic rings. The fourth-order valence-corrected chi connectivity index (χ4v) is 6.03. The van der Waals surface area contributed by atoms with Gasteiger partial charge in [0.05, 0.1) is 11.8 Å². The molecule has 0 spiro atoms. The average Bonchev–Trinajstić information content (AvgIpc) is 3.38. The number of aryl methyl sites for hydroxylation is 1. The van der Waals surface area contributed by atoms with E-state index in [2.05, 4.69) is 21.2 Å². The highest BCUT2D eigenvalue weighted by atomic mass is 79.9. The molecule has 0 aromatic heterocycles. The van der Waals surface area contributed by atoms with Crippen molar-refractivity contribution in [1.29, 1.82) is 0 Å². The number of amides is 3. The number of esters is 1. The minimum absolute atomic E-state index is 0.243. The number of anilines is 1. The normalized spacial score (nSPS) is 27.6. The van der Waals surface area contributed by atoms with Gasteiger partial charge in [0.15, 0.2) is 6.61 Å². The molecule has 1 saturated heterocycles. The standard InChI is InChI=1S/C23H27BrN2O5/c1-11(2)20(26-21(28)18-13-4-5-14(9-13)19(18)22(26)29)23(30)31-10-17(27)25-16-7-6-15(24)8-12(16)3/h6-8,11,13-14,18-20H,4-5,9-10H2,1-3H3,(H,25,27)/t13-,14-,18+,19+,20-/m0/s1. The summed E-state index contributed by atoms with van der Waals surface area (Å²) in [6.07, 6.45) is 2.89. The number of nitrogens with zero attached hydrogens (tertiary/aromatic N) is 1. The van der Waals surface area contributed by atoms with E-state index in [1.54, 1.807) is 26.0 Å². The van der Waals surface area contributed by atoms with E-state index in [-0.39, 0.29) is 41.4 Å². The Hall–Kier alpha value is -2.22. The number of benzene rings is 1. The fourth-order valence-electron chi connectivity index (χ4n) is 5.56. The Morgan fingerprint density at radius 2 is 1.77 bits per heavy atom. The van der Waals surface area contributed by atoms with E-state index in [4.69, 9.17) is 4.74 Å². The molecule has 1 heterocycles. The van der Waals surface area contributed by atoms with E-state index in [1.807, 2.05) is 13.0 Å². The van der Waals surface area contributed by atoms with Crippen molar-refractivity contribution in [1.82, 2.24) is 4.90 Å². The number of fused-ring (bicyclic) bond motifs is 5. The van der Waals surface area contributed by atoms with Gasteiger partial charge in [-0.3, -0.25) is 19.3 Å². The van der Waals surface area contributed by atoms with Crippen molar-refractivity contribution in [2.75, 3.05) is 11.9 Å². The number of imide groups is 1. The maximum absolute atomic E-state index is 13.1. The highest BCUT2D eigenvalue weighted by Crippen LogP contribution is 2.56. The zero-order valence-electron chi connectivity index (χ0n) is 17.9. The number of hydrogen-bond acceptors (Lipinski definition) is 5. The molecule has 1 aliphatic heterocycles. The van der Waals surface area contributed by atoms with Crippen LogP contribution in [0.25, 0.3) is 0 Å². The maximum atomic E-state index is 13.1. The van der Waals surface area contributed by atoms with Crippen LogP contribution in [0.15, 0.2) is 22.7 Å². The van der Waals surface area contributed by atoms with Gasteiger partial charge in [0, 0.05) is 10.2 Å². The molecule has 3 amide bonds. The van der Waals surface area contributed by atoms with E-state index in [0.29, 0.717) is 5.69 Å². The van der Waals surface area contributed by atoms with Gasteiger partial charge in [-0.1, -0.05) is 29.8 Å². The molecule has 0 unspecified atom stereocenters. The van der Waals surface area contributed by atoms with Gasteiger partial charge >= 0.3 is 5.97 Å². The number of likely N-dealkylation sites (tertiary alicyclic amines) is 1. The predicted octanol–water partition coefficient (Wildman–Crippen LogP) is 3.29. The lowest BCUT2D eigenvalue weighted by molar-refractivity contribution is -0.162. The number of carbonyl (C=O) groups is 4. The lowest BCUT2D eigenvalue weighted by Gasteiger charge is -2.28. The number of ether oxygens (including phenoxy) is 1. The number of halogens is 1. The zero-order chi connectivity index (χ0) is 22.4. The van der Waals surface area contributed by atoms with Crippen molar-refractivity contribution in [3.8, 4) is 0 Å². The highest BCUT2D eigenvalue weighted by Gasteiger charge is 2.62. The molecule has 8 heteroatoms. The molecule has 2 saturated carbocycles. The SMILES string of the molecule is Cc1cc(Br)ccc1NC(=O)COC(=O)[C@H](C(C)C)N1C(=O)[C@@H]2[C@H]3CC[C@@H](C3)[C@H]2C1=O. The fraction of sp³-hybridized carbons (Fsp3) is 0.565. The Kier molecular flexibility index (Phi) is 5.94. The second-order valence-corrected chi connectivity index (χ2v) is 10.2. The van der Waals surface area contributed by atoms with Crippen molar-refractivity contribution in [2.24, 2.45) is 29.6 Å². The summed E-state index contributed by atoms with van der Waals surface area (Å²) >= 11 is 3.37. The second kappa shape index (κ2) is 8.37. The van der Waals surface area contributed by atoms with Crippen LogP contribution in [0.4, 0.5) is 5.69 Å². The van der Waals surface area contributed by atoms with Crippen LogP contribution in [0.1, 0.15) is 38.7 Å². The summed E-state index contributed by atoms with van der Waals surface area (Å²) in [6.45, 7) is 4.93. The van der Waals surface area contributed by atoms with Crippen LogP contribution >= 0.6 is 15.9 Å². The summed E-state index contributed by atoms with van der Waals surface area (Å²) in [4.78, 5) is 52.5. The van der Waals surface area contributed by atoms with Crippen molar-refractivity contribution in [3.63, 3.8) is 0 Å². The van der Waals surface area contributed by atoms with E-state index < -0.39 is 24.5 Å². The minimum atomic E-state index is -1.01. The smallest absolute Gasteiger partial charge is 0.330 e. The van der Waals surface area contributed by atoms with Crippen LogP contribution in [0.5, 0.6) is 0 Å². The van der Waals surface area contributed by atoms with E-state index >= 15 is 0 Å². The van der Waals surface area contributed by atoms with E-state index in [0.717, 1.165) is 34.2 Å². The van der Waals surface area contributed by atoms with Gasteiger partial charge in [-0.25, -0.2) is 4.79 Å². The van der Waals surface area contributed by atoms with E-state index in [9.17, 15) is 19.2 Å². The third kappa shape index (κ3) is 3.90.